The summed E-state index contributed by atoms with van der Waals surface area (Å²) in [5.41, 5.74) is 2.21. The molecule has 140 valence electrons. The Balaban J connectivity index is 2.06. The fraction of sp³-hybridized carbons (Fsp3) is 0.381. The zero-order chi connectivity index (χ0) is 19.4. The van der Waals surface area contributed by atoms with Crippen molar-refractivity contribution in [3.63, 3.8) is 0 Å². The first kappa shape index (κ1) is 20.3. The molecular formula is C21H27FO3Si. The van der Waals surface area contributed by atoms with Crippen LogP contribution in [0.3, 0.4) is 0 Å². The van der Waals surface area contributed by atoms with Gasteiger partial charge in [-0.1, -0.05) is 39.0 Å². The van der Waals surface area contributed by atoms with Gasteiger partial charge in [-0.25, -0.2) is 4.39 Å². The maximum absolute atomic E-state index is 14.0. The second kappa shape index (κ2) is 8.14. The topological polar surface area (TPSA) is 35.5 Å². The standard InChI is InChI=1S/C21H27FO3Si/c1-21(2,3)26(4,5)25-15-18-10-19(22)12-20(11-18)24-14-17-8-6-7-16(9-17)13-23/h6-13H,14-15H2,1-5H3. The molecule has 0 aliphatic carbocycles. The molecule has 0 atom stereocenters. The maximum Gasteiger partial charge on any atom is 0.192 e. The number of aldehydes is 1. The molecule has 0 fully saturated rings. The van der Waals surface area contributed by atoms with Gasteiger partial charge in [-0.2, -0.15) is 0 Å². The van der Waals surface area contributed by atoms with E-state index in [1.54, 1.807) is 24.3 Å². The molecule has 0 radical (unpaired) electrons. The van der Waals surface area contributed by atoms with Crippen molar-refractivity contribution in [3.05, 3.63) is 65.0 Å². The first-order valence-corrected chi connectivity index (χ1v) is 11.6. The highest BCUT2D eigenvalue weighted by atomic mass is 28.4. The lowest BCUT2D eigenvalue weighted by atomic mass is 10.1. The molecule has 2 rings (SSSR count). The van der Waals surface area contributed by atoms with Gasteiger partial charge in [0, 0.05) is 11.6 Å². The minimum Gasteiger partial charge on any atom is -0.489 e. The predicted octanol–water partition coefficient (Wildman–Crippen LogP) is 5.74. The van der Waals surface area contributed by atoms with E-state index in [4.69, 9.17) is 9.16 Å². The van der Waals surface area contributed by atoms with Crippen LogP contribution in [0.2, 0.25) is 18.1 Å². The van der Waals surface area contributed by atoms with Crippen molar-refractivity contribution >= 4 is 14.6 Å². The van der Waals surface area contributed by atoms with Gasteiger partial charge in [0.15, 0.2) is 8.32 Å². The third-order valence-corrected chi connectivity index (χ3v) is 9.31. The summed E-state index contributed by atoms with van der Waals surface area (Å²) in [5.74, 6) is 0.105. The van der Waals surface area contributed by atoms with Crippen molar-refractivity contribution < 1.29 is 18.3 Å². The summed E-state index contributed by atoms with van der Waals surface area (Å²) in [4.78, 5) is 10.8. The highest BCUT2D eigenvalue weighted by molar-refractivity contribution is 6.74. The Kier molecular flexibility index (Phi) is 6.37. The number of carbonyl (C=O) groups is 1. The summed E-state index contributed by atoms with van der Waals surface area (Å²) in [6.07, 6.45) is 0.794. The van der Waals surface area contributed by atoms with Gasteiger partial charge < -0.3 is 9.16 Å². The quantitative estimate of drug-likeness (QED) is 0.458. The molecule has 0 saturated heterocycles. The number of rotatable bonds is 7. The Morgan fingerprint density at radius 1 is 1.04 bits per heavy atom. The SMILES string of the molecule is CC(C)(C)[Si](C)(C)OCc1cc(F)cc(OCc2cccc(C=O)c2)c1. The van der Waals surface area contributed by atoms with E-state index in [1.165, 1.54) is 12.1 Å². The second-order valence-corrected chi connectivity index (χ2v) is 12.8. The number of halogens is 1. The molecule has 0 heterocycles. The van der Waals surface area contributed by atoms with E-state index in [0.29, 0.717) is 17.9 Å². The Hall–Kier alpha value is -1.98. The lowest BCUT2D eigenvalue weighted by Gasteiger charge is -2.36. The predicted molar refractivity (Wildman–Crippen MR) is 105 cm³/mol. The van der Waals surface area contributed by atoms with Crippen molar-refractivity contribution in [2.45, 2.75) is 52.1 Å². The largest absolute Gasteiger partial charge is 0.489 e. The number of ether oxygens (including phenoxy) is 1. The lowest BCUT2D eigenvalue weighted by Crippen LogP contribution is -2.40. The number of benzene rings is 2. The van der Waals surface area contributed by atoms with E-state index >= 15 is 0 Å². The molecule has 26 heavy (non-hydrogen) atoms. The summed E-state index contributed by atoms with van der Waals surface area (Å²) in [5, 5.41) is 0.100. The van der Waals surface area contributed by atoms with Crippen molar-refractivity contribution in [2.75, 3.05) is 0 Å². The molecule has 0 saturated carbocycles. The Morgan fingerprint density at radius 3 is 2.42 bits per heavy atom. The minimum atomic E-state index is -1.90. The van der Waals surface area contributed by atoms with Crippen LogP contribution in [0.5, 0.6) is 5.75 Å². The van der Waals surface area contributed by atoms with Gasteiger partial charge in [0.05, 0.1) is 6.61 Å². The smallest absolute Gasteiger partial charge is 0.192 e. The van der Waals surface area contributed by atoms with Crippen LogP contribution in [0, 0.1) is 5.82 Å². The monoisotopic (exact) mass is 374 g/mol. The molecule has 2 aromatic carbocycles. The van der Waals surface area contributed by atoms with Gasteiger partial charge in [-0.05, 0) is 47.5 Å². The van der Waals surface area contributed by atoms with Crippen molar-refractivity contribution in [3.8, 4) is 5.75 Å². The third-order valence-electron chi connectivity index (χ3n) is 4.83. The fourth-order valence-corrected chi connectivity index (χ4v) is 3.15. The first-order valence-electron chi connectivity index (χ1n) is 8.71. The Morgan fingerprint density at radius 2 is 1.77 bits per heavy atom. The molecule has 2 aromatic rings. The highest BCUT2D eigenvalue weighted by Crippen LogP contribution is 2.37. The summed E-state index contributed by atoms with van der Waals surface area (Å²) in [6.45, 7) is 11.5. The molecule has 0 amide bonds. The van der Waals surface area contributed by atoms with Gasteiger partial charge in [0.1, 0.15) is 24.5 Å². The van der Waals surface area contributed by atoms with E-state index in [0.717, 1.165) is 17.4 Å². The van der Waals surface area contributed by atoms with Crippen LogP contribution >= 0.6 is 0 Å². The summed E-state index contributed by atoms with van der Waals surface area (Å²) in [7, 11) is -1.90. The van der Waals surface area contributed by atoms with E-state index < -0.39 is 8.32 Å². The van der Waals surface area contributed by atoms with Gasteiger partial charge in [-0.15, -0.1) is 0 Å². The lowest BCUT2D eigenvalue weighted by molar-refractivity contribution is 0.112. The van der Waals surface area contributed by atoms with E-state index in [9.17, 15) is 9.18 Å². The molecular weight excluding hydrogens is 347 g/mol. The number of hydrogen-bond acceptors (Lipinski definition) is 3. The molecule has 0 spiro atoms. The van der Waals surface area contributed by atoms with Gasteiger partial charge in [-0.3, -0.25) is 4.79 Å². The second-order valence-electron chi connectivity index (χ2n) is 8.00. The van der Waals surface area contributed by atoms with E-state index in [2.05, 4.69) is 33.9 Å². The van der Waals surface area contributed by atoms with Crippen LogP contribution in [-0.4, -0.2) is 14.6 Å². The van der Waals surface area contributed by atoms with Gasteiger partial charge >= 0.3 is 0 Å². The molecule has 3 nitrogen and oxygen atoms in total. The van der Waals surface area contributed by atoms with E-state index in [-0.39, 0.29) is 17.5 Å². The highest BCUT2D eigenvalue weighted by Gasteiger charge is 2.37. The Bertz CT molecular complexity index is 766. The summed E-state index contributed by atoms with van der Waals surface area (Å²) < 4.78 is 25.8. The van der Waals surface area contributed by atoms with Crippen LogP contribution in [0.4, 0.5) is 4.39 Å². The average Bonchev–Trinajstić information content (AvgIpc) is 2.57. The zero-order valence-electron chi connectivity index (χ0n) is 16.1. The van der Waals surface area contributed by atoms with Crippen LogP contribution in [-0.2, 0) is 17.6 Å². The Labute approximate surface area is 156 Å². The normalized spacial score (nSPS) is 12.1. The third kappa shape index (κ3) is 5.51. The van der Waals surface area contributed by atoms with E-state index in [1.807, 2.05) is 6.07 Å². The fourth-order valence-electron chi connectivity index (χ4n) is 2.19. The maximum atomic E-state index is 14.0. The van der Waals surface area contributed by atoms with Gasteiger partial charge in [0.25, 0.3) is 0 Å². The molecule has 0 unspecified atom stereocenters. The van der Waals surface area contributed by atoms with Crippen LogP contribution in [0.25, 0.3) is 0 Å². The molecule has 0 aliphatic rings. The first-order chi connectivity index (χ1) is 12.1. The summed E-state index contributed by atoms with van der Waals surface area (Å²) in [6, 6.07) is 11.8. The van der Waals surface area contributed by atoms with Crippen LogP contribution in [0.1, 0.15) is 42.3 Å². The number of carbonyl (C=O) groups excluding carboxylic acids is 1. The van der Waals surface area contributed by atoms with Crippen LogP contribution < -0.4 is 4.74 Å². The zero-order valence-corrected chi connectivity index (χ0v) is 17.1. The average molecular weight is 375 g/mol. The molecule has 5 heteroatoms. The minimum absolute atomic E-state index is 0.100. The molecule has 0 bridgehead atoms. The van der Waals surface area contributed by atoms with Crippen LogP contribution in [0.15, 0.2) is 42.5 Å². The molecule has 0 N–H and O–H groups in total. The molecule has 0 aliphatic heterocycles. The van der Waals surface area contributed by atoms with Crippen molar-refractivity contribution in [2.24, 2.45) is 0 Å². The van der Waals surface area contributed by atoms with Crippen molar-refractivity contribution in [1.29, 1.82) is 0 Å². The molecule has 0 aromatic heterocycles. The van der Waals surface area contributed by atoms with Crippen molar-refractivity contribution in [1.82, 2.24) is 0 Å². The summed E-state index contributed by atoms with van der Waals surface area (Å²) >= 11 is 0. The van der Waals surface area contributed by atoms with Gasteiger partial charge in [0.2, 0.25) is 0 Å². The number of hydrogen-bond donors (Lipinski definition) is 0.